The second kappa shape index (κ2) is 6.03. The van der Waals surface area contributed by atoms with Crippen LogP contribution in [0.15, 0.2) is 30.3 Å². The Labute approximate surface area is 101 Å². The van der Waals surface area contributed by atoms with E-state index in [1.54, 1.807) is 0 Å². The van der Waals surface area contributed by atoms with Crippen LogP contribution in [0.5, 0.6) is 0 Å². The van der Waals surface area contributed by atoms with Crippen molar-refractivity contribution in [2.24, 2.45) is 0 Å². The summed E-state index contributed by atoms with van der Waals surface area (Å²) in [6.07, 6.45) is -0.882. The van der Waals surface area contributed by atoms with Gasteiger partial charge in [-0.2, -0.15) is 0 Å². The summed E-state index contributed by atoms with van der Waals surface area (Å²) in [5.41, 5.74) is 0.944. The van der Waals surface area contributed by atoms with Crippen molar-refractivity contribution in [1.82, 2.24) is 0 Å². The SMILES string of the molecule is CC(=O)OC(OC(C)=O)[C@@H](C)c1ccccc1. The van der Waals surface area contributed by atoms with Gasteiger partial charge in [-0.15, -0.1) is 0 Å². The Morgan fingerprint density at radius 2 is 1.47 bits per heavy atom. The first kappa shape index (κ1) is 13.2. The summed E-state index contributed by atoms with van der Waals surface area (Å²) in [4.78, 5) is 21.9. The number of esters is 2. The number of hydrogen-bond donors (Lipinski definition) is 0. The molecular weight excluding hydrogens is 220 g/mol. The zero-order valence-electron chi connectivity index (χ0n) is 10.2. The molecule has 0 saturated carbocycles. The third-order valence-corrected chi connectivity index (χ3v) is 2.30. The Balaban J connectivity index is 2.82. The number of hydrogen-bond acceptors (Lipinski definition) is 4. The lowest BCUT2D eigenvalue weighted by molar-refractivity contribution is -0.188. The lowest BCUT2D eigenvalue weighted by atomic mass is 10.0. The first-order chi connectivity index (χ1) is 8.00. The molecule has 0 aliphatic heterocycles. The molecule has 17 heavy (non-hydrogen) atoms. The van der Waals surface area contributed by atoms with Crippen LogP contribution in [-0.4, -0.2) is 18.2 Å². The molecule has 0 saturated heterocycles. The van der Waals surface area contributed by atoms with E-state index in [-0.39, 0.29) is 5.92 Å². The molecule has 4 nitrogen and oxygen atoms in total. The lowest BCUT2D eigenvalue weighted by Crippen LogP contribution is -2.27. The first-order valence-electron chi connectivity index (χ1n) is 5.40. The molecule has 92 valence electrons. The van der Waals surface area contributed by atoms with Gasteiger partial charge < -0.3 is 9.47 Å². The Hall–Kier alpha value is -1.84. The number of carbonyl (C=O) groups is 2. The molecule has 0 heterocycles. The summed E-state index contributed by atoms with van der Waals surface area (Å²) in [5, 5.41) is 0. The maximum absolute atomic E-state index is 11.0. The Bertz CT molecular complexity index is 370. The van der Waals surface area contributed by atoms with Crippen molar-refractivity contribution < 1.29 is 19.1 Å². The van der Waals surface area contributed by atoms with E-state index >= 15 is 0 Å². The summed E-state index contributed by atoms with van der Waals surface area (Å²) >= 11 is 0. The average molecular weight is 236 g/mol. The standard InChI is InChI=1S/C13H16O4/c1-9(12-7-5-4-6-8-12)13(16-10(2)14)17-11(3)15/h4-9,13H,1-3H3/t9-/m0/s1. The highest BCUT2D eigenvalue weighted by Gasteiger charge is 2.24. The molecule has 0 bridgehead atoms. The topological polar surface area (TPSA) is 52.6 Å². The van der Waals surface area contributed by atoms with Crippen molar-refractivity contribution in [2.75, 3.05) is 0 Å². The number of benzene rings is 1. The third-order valence-electron chi connectivity index (χ3n) is 2.30. The molecule has 0 fully saturated rings. The summed E-state index contributed by atoms with van der Waals surface area (Å²) in [6.45, 7) is 4.41. The van der Waals surface area contributed by atoms with Crippen molar-refractivity contribution in [3.63, 3.8) is 0 Å². The van der Waals surface area contributed by atoms with Crippen molar-refractivity contribution >= 4 is 11.9 Å². The summed E-state index contributed by atoms with van der Waals surface area (Å²) < 4.78 is 9.99. The third kappa shape index (κ3) is 4.26. The minimum absolute atomic E-state index is 0.205. The zero-order valence-corrected chi connectivity index (χ0v) is 10.2. The van der Waals surface area contributed by atoms with Crippen LogP contribution in [0.1, 0.15) is 32.3 Å². The summed E-state index contributed by atoms with van der Waals surface area (Å²) in [6, 6.07) is 9.44. The van der Waals surface area contributed by atoms with Gasteiger partial charge in [-0.05, 0) is 5.56 Å². The van der Waals surface area contributed by atoms with Crippen LogP contribution in [0, 0.1) is 0 Å². The van der Waals surface area contributed by atoms with Crippen LogP contribution in [0.3, 0.4) is 0 Å². The lowest BCUT2D eigenvalue weighted by Gasteiger charge is -2.23. The van der Waals surface area contributed by atoms with Crippen LogP contribution < -0.4 is 0 Å². The quantitative estimate of drug-likeness (QED) is 0.594. The van der Waals surface area contributed by atoms with Gasteiger partial charge in [0.15, 0.2) is 0 Å². The van der Waals surface area contributed by atoms with Gasteiger partial charge in [0.1, 0.15) is 0 Å². The average Bonchev–Trinajstić information content (AvgIpc) is 2.27. The monoisotopic (exact) mass is 236 g/mol. The second-order valence-electron chi connectivity index (χ2n) is 3.79. The van der Waals surface area contributed by atoms with Crippen molar-refractivity contribution in [1.29, 1.82) is 0 Å². The van der Waals surface area contributed by atoms with Crippen LogP contribution in [0.25, 0.3) is 0 Å². The Morgan fingerprint density at radius 3 is 1.88 bits per heavy atom. The molecule has 4 heteroatoms. The number of rotatable bonds is 4. The molecule has 1 rings (SSSR count). The fourth-order valence-electron chi connectivity index (χ4n) is 1.47. The van der Waals surface area contributed by atoms with Gasteiger partial charge >= 0.3 is 11.9 Å². The fraction of sp³-hybridized carbons (Fsp3) is 0.385. The van der Waals surface area contributed by atoms with Crippen LogP contribution in [0.4, 0.5) is 0 Å². The largest absolute Gasteiger partial charge is 0.425 e. The van der Waals surface area contributed by atoms with E-state index in [1.807, 2.05) is 37.3 Å². The molecule has 0 amide bonds. The molecule has 1 aromatic carbocycles. The fourth-order valence-corrected chi connectivity index (χ4v) is 1.47. The van der Waals surface area contributed by atoms with Crippen molar-refractivity contribution in [3.8, 4) is 0 Å². The van der Waals surface area contributed by atoms with E-state index in [2.05, 4.69) is 0 Å². The molecule has 1 atom stereocenters. The Kier molecular flexibility index (Phi) is 4.69. The summed E-state index contributed by atoms with van der Waals surface area (Å²) in [7, 11) is 0. The molecule has 1 aromatic rings. The van der Waals surface area contributed by atoms with E-state index in [1.165, 1.54) is 13.8 Å². The van der Waals surface area contributed by atoms with Gasteiger partial charge in [0.05, 0.1) is 5.92 Å². The number of carbonyl (C=O) groups excluding carboxylic acids is 2. The van der Waals surface area contributed by atoms with E-state index < -0.39 is 18.2 Å². The molecule has 0 aliphatic rings. The van der Waals surface area contributed by atoms with Crippen molar-refractivity contribution in [2.45, 2.75) is 33.0 Å². The number of ether oxygens (including phenoxy) is 2. The van der Waals surface area contributed by atoms with Gasteiger partial charge in [-0.3, -0.25) is 9.59 Å². The predicted octanol–water partition coefficient (Wildman–Crippen LogP) is 2.24. The minimum atomic E-state index is -0.882. The van der Waals surface area contributed by atoms with E-state index in [9.17, 15) is 9.59 Å². The van der Waals surface area contributed by atoms with Gasteiger partial charge in [-0.25, -0.2) is 0 Å². The Morgan fingerprint density at radius 1 is 1.00 bits per heavy atom. The molecular formula is C13H16O4. The molecule has 0 radical (unpaired) electrons. The first-order valence-corrected chi connectivity index (χ1v) is 5.40. The van der Waals surface area contributed by atoms with Gasteiger partial charge in [0.25, 0.3) is 6.29 Å². The molecule has 0 aromatic heterocycles. The van der Waals surface area contributed by atoms with Gasteiger partial charge in [-0.1, -0.05) is 37.3 Å². The van der Waals surface area contributed by atoms with Gasteiger partial charge in [0, 0.05) is 13.8 Å². The highest BCUT2D eigenvalue weighted by molar-refractivity contribution is 5.68. The van der Waals surface area contributed by atoms with Crippen molar-refractivity contribution in [3.05, 3.63) is 35.9 Å². The maximum atomic E-state index is 11.0. The van der Waals surface area contributed by atoms with E-state index in [0.717, 1.165) is 5.56 Å². The smallest absolute Gasteiger partial charge is 0.305 e. The van der Waals surface area contributed by atoms with Gasteiger partial charge in [0.2, 0.25) is 0 Å². The highest BCUT2D eigenvalue weighted by Crippen LogP contribution is 2.22. The molecule has 0 aliphatic carbocycles. The zero-order chi connectivity index (χ0) is 12.8. The molecule has 0 N–H and O–H groups in total. The highest BCUT2D eigenvalue weighted by atomic mass is 16.7. The normalized spacial score (nSPS) is 12.0. The molecule has 0 unspecified atom stereocenters. The molecule has 0 spiro atoms. The van der Waals surface area contributed by atoms with Crippen LogP contribution in [-0.2, 0) is 19.1 Å². The summed E-state index contributed by atoms with van der Waals surface area (Å²) in [5.74, 6) is -1.15. The second-order valence-corrected chi connectivity index (χ2v) is 3.79. The maximum Gasteiger partial charge on any atom is 0.305 e. The minimum Gasteiger partial charge on any atom is -0.425 e. The van der Waals surface area contributed by atoms with Crippen LogP contribution in [0.2, 0.25) is 0 Å². The van der Waals surface area contributed by atoms with Crippen LogP contribution >= 0.6 is 0 Å². The predicted molar refractivity (Wildman–Crippen MR) is 62.2 cm³/mol. The van der Waals surface area contributed by atoms with E-state index in [4.69, 9.17) is 9.47 Å². The van der Waals surface area contributed by atoms with E-state index in [0.29, 0.717) is 0 Å².